The molecule has 7 heteroatoms. The summed E-state index contributed by atoms with van der Waals surface area (Å²) in [6.45, 7) is 1.54. The number of thiazole rings is 1. The predicted molar refractivity (Wildman–Crippen MR) is 115 cm³/mol. The Balaban J connectivity index is 1.60. The molecule has 3 aromatic rings. The second-order valence-corrected chi connectivity index (χ2v) is 8.30. The van der Waals surface area contributed by atoms with Crippen molar-refractivity contribution in [3.05, 3.63) is 65.2 Å². The molecule has 2 aromatic carbocycles. The first-order valence-electron chi connectivity index (χ1n) is 9.82. The zero-order valence-corrected chi connectivity index (χ0v) is 17.1. The van der Waals surface area contributed by atoms with Gasteiger partial charge in [0.2, 0.25) is 5.91 Å². The third-order valence-electron chi connectivity index (χ3n) is 5.31. The van der Waals surface area contributed by atoms with Crippen LogP contribution in [0.3, 0.4) is 0 Å². The zero-order valence-electron chi connectivity index (χ0n) is 16.3. The Hall–Kier alpha value is -2.77. The maximum Gasteiger partial charge on any atom is 0.321 e. The van der Waals surface area contributed by atoms with Crippen LogP contribution in [0.1, 0.15) is 35.4 Å². The van der Waals surface area contributed by atoms with E-state index in [2.05, 4.69) is 21.6 Å². The maximum absolute atomic E-state index is 13.0. The lowest BCUT2D eigenvalue weighted by atomic mass is 9.94. The summed E-state index contributed by atoms with van der Waals surface area (Å²) in [5.74, 6) is -0.0272. The fraction of sp³-hybridized carbons (Fsp3) is 0.318. The molecule has 4 rings (SSSR count). The standard InChI is InChI=1S/C22H24N4O2S/c1-23-22(28)25-20(27)19(15-8-3-2-4-9-15)26-13-7-10-16(14-26)21-24-17-11-5-6-12-18(17)29-21/h2-6,8-9,11-12,16,19H,7,10,13-14H2,1H3,(H2,23,25,27,28)/t16-,19-/m0/s1. The van der Waals surface area contributed by atoms with Crippen LogP contribution in [0.15, 0.2) is 54.6 Å². The van der Waals surface area contributed by atoms with E-state index in [1.807, 2.05) is 48.5 Å². The SMILES string of the molecule is CNC(=O)NC(=O)[C@H](c1ccccc1)N1CCC[C@H](c2nc3ccccc3s2)C1. The van der Waals surface area contributed by atoms with E-state index in [9.17, 15) is 9.59 Å². The number of urea groups is 1. The van der Waals surface area contributed by atoms with E-state index in [0.29, 0.717) is 0 Å². The van der Waals surface area contributed by atoms with Crippen LogP contribution in [0.25, 0.3) is 10.2 Å². The van der Waals surface area contributed by atoms with E-state index in [1.54, 1.807) is 11.3 Å². The largest absolute Gasteiger partial charge is 0.341 e. The molecule has 1 saturated heterocycles. The molecule has 1 aliphatic rings. The fourth-order valence-electron chi connectivity index (χ4n) is 3.91. The van der Waals surface area contributed by atoms with Gasteiger partial charge in [-0.1, -0.05) is 42.5 Å². The number of imide groups is 1. The first kappa shape index (κ1) is 19.5. The normalized spacial score (nSPS) is 18.3. The van der Waals surface area contributed by atoms with Crippen molar-refractivity contribution in [3.63, 3.8) is 0 Å². The van der Waals surface area contributed by atoms with Crippen molar-refractivity contribution in [3.8, 4) is 0 Å². The summed E-state index contributed by atoms with van der Waals surface area (Å²) in [4.78, 5) is 31.7. The average molecular weight is 409 g/mol. The van der Waals surface area contributed by atoms with Gasteiger partial charge in [0, 0.05) is 19.5 Å². The summed E-state index contributed by atoms with van der Waals surface area (Å²) in [7, 11) is 1.50. The van der Waals surface area contributed by atoms with Gasteiger partial charge in [0.25, 0.3) is 0 Å². The predicted octanol–water partition coefficient (Wildman–Crippen LogP) is 3.67. The summed E-state index contributed by atoms with van der Waals surface area (Å²) >= 11 is 1.73. The van der Waals surface area contributed by atoms with Crippen LogP contribution in [-0.4, -0.2) is 42.0 Å². The van der Waals surface area contributed by atoms with Gasteiger partial charge in [0.05, 0.1) is 15.2 Å². The molecule has 3 amide bonds. The van der Waals surface area contributed by atoms with Crippen molar-refractivity contribution in [1.82, 2.24) is 20.5 Å². The number of hydrogen-bond acceptors (Lipinski definition) is 5. The molecule has 0 aliphatic carbocycles. The Kier molecular flexibility index (Phi) is 5.87. The quantitative estimate of drug-likeness (QED) is 0.691. The molecule has 6 nitrogen and oxygen atoms in total. The van der Waals surface area contributed by atoms with Crippen molar-refractivity contribution in [2.24, 2.45) is 0 Å². The van der Waals surface area contributed by atoms with E-state index < -0.39 is 12.1 Å². The van der Waals surface area contributed by atoms with E-state index in [-0.39, 0.29) is 11.8 Å². The third kappa shape index (κ3) is 4.31. The second kappa shape index (κ2) is 8.71. The van der Waals surface area contributed by atoms with Crippen LogP contribution in [0.5, 0.6) is 0 Å². The van der Waals surface area contributed by atoms with Gasteiger partial charge >= 0.3 is 6.03 Å². The van der Waals surface area contributed by atoms with E-state index in [0.717, 1.165) is 42.0 Å². The first-order valence-corrected chi connectivity index (χ1v) is 10.6. The van der Waals surface area contributed by atoms with Crippen LogP contribution >= 0.6 is 11.3 Å². The van der Waals surface area contributed by atoms with E-state index in [4.69, 9.17) is 4.98 Å². The van der Waals surface area contributed by atoms with Crippen molar-refractivity contribution in [1.29, 1.82) is 0 Å². The second-order valence-electron chi connectivity index (χ2n) is 7.24. The molecule has 0 radical (unpaired) electrons. The minimum Gasteiger partial charge on any atom is -0.341 e. The Morgan fingerprint density at radius 3 is 2.66 bits per heavy atom. The van der Waals surface area contributed by atoms with Crippen molar-refractivity contribution in [2.75, 3.05) is 20.1 Å². The lowest BCUT2D eigenvalue weighted by Gasteiger charge is -2.37. The molecule has 1 aliphatic heterocycles. The van der Waals surface area contributed by atoms with Crippen molar-refractivity contribution in [2.45, 2.75) is 24.8 Å². The Bertz CT molecular complexity index is 971. The number of nitrogens with one attached hydrogen (secondary N) is 2. The minimum absolute atomic E-state index is 0.278. The van der Waals surface area contributed by atoms with Gasteiger partial charge in [-0.15, -0.1) is 11.3 Å². The zero-order chi connectivity index (χ0) is 20.2. The van der Waals surface area contributed by atoms with Gasteiger partial charge < -0.3 is 5.32 Å². The number of hydrogen-bond donors (Lipinski definition) is 2. The van der Waals surface area contributed by atoms with Crippen LogP contribution in [0.4, 0.5) is 4.79 Å². The minimum atomic E-state index is -0.509. The molecule has 0 bridgehead atoms. The fourth-order valence-corrected chi connectivity index (χ4v) is 5.01. The first-order chi connectivity index (χ1) is 14.2. The van der Waals surface area contributed by atoms with Gasteiger partial charge in [-0.05, 0) is 37.1 Å². The molecule has 150 valence electrons. The number of benzene rings is 2. The molecule has 0 spiro atoms. The van der Waals surface area contributed by atoms with E-state index >= 15 is 0 Å². The van der Waals surface area contributed by atoms with Gasteiger partial charge in [-0.25, -0.2) is 9.78 Å². The molecule has 1 aromatic heterocycles. The van der Waals surface area contributed by atoms with Crippen LogP contribution in [0.2, 0.25) is 0 Å². The van der Waals surface area contributed by atoms with Crippen LogP contribution < -0.4 is 10.6 Å². The number of nitrogens with zero attached hydrogens (tertiary/aromatic N) is 2. The molecular weight excluding hydrogens is 384 g/mol. The van der Waals surface area contributed by atoms with E-state index in [1.165, 1.54) is 11.7 Å². The van der Waals surface area contributed by atoms with Crippen molar-refractivity contribution < 1.29 is 9.59 Å². The smallest absolute Gasteiger partial charge is 0.321 e. The lowest BCUT2D eigenvalue weighted by Crippen LogP contribution is -2.48. The Morgan fingerprint density at radius 2 is 1.90 bits per heavy atom. The number of aromatic nitrogens is 1. The highest BCUT2D eigenvalue weighted by atomic mass is 32.1. The number of carbonyl (C=O) groups is 2. The lowest BCUT2D eigenvalue weighted by molar-refractivity contribution is -0.126. The molecule has 29 heavy (non-hydrogen) atoms. The third-order valence-corrected chi connectivity index (χ3v) is 6.50. The number of para-hydroxylation sites is 1. The molecule has 2 atom stereocenters. The van der Waals surface area contributed by atoms with Crippen LogP contribution in [0, 0.1) is 0 Å². The summed E-state index contributed by atoms with van der Waals surface area (Å²) in [5, 5.41) is 6.03. The summed E-state index contributed by atoms with van der Waals surface area (Å²) in [6.07, 6.45) is 2.03. The molecule has 0 unspecified atom stereocenters. The number of amides is 3. The topological polar surface area (TPSA) is 74.3 Å². The average Bonchev–Trinajstić information content (AvgIpc) is 3.19. The number of carbonyl (C=O) groups excluding carboxylic acids is 2. The number of fused-ring (bicyclic) bond motifs is 1. The monoisotopic (exact) mass is 408 g/mol. The van der Waals surface area contributed by atoms with Crippen molar-refractivity contribution >= 4 is 33.5 Å². The van der Waals surface area contributed by atoms with Gasteiger partial charge in [0.15, 0.2) is 0 Å². The maximum atomic E-state index is 13.0. The molecule has 2 heterocycles. The molecule has 2 N–H and O–H groups in total. The highest BCUT2D eigenvalue weighted by Crippen LogP contribution is 2.35. The number of piperidine rings is 1. The summed E-state index contributed by atoms with van der Waals surface area (Å²) in [5.41, 5.74) is 1.92. The highest BCUT2D eigenvalue weighted by Gasteiger charge is 2.33. The number of likely N-dealkylation sites (tertiary alicyclic amines) is 1. The Labute approximate surface area is 173 Å². The van der Waals surface area contributed by atoms with Gasteiger partial charge in [-0.2, -0.15) is 0 Å². The van der Waals surface area contributed by atoms with Crippen LogP contribution in [-0.2, 0) is 4.79 Å². The molecule has 1 fully saturated rings. The molecule has 0 saturated carbocycles. The highest BCUT2D eigenvalue weighted by molar-refractivity contribution is 7.18. The number of rotatable bonds is 4. The molecular formula is C22H24N4O2S. The Morgan fingerprint density at radius 1 is 1.14 bits per heavy atom. The van der Waals surface area contributed by atoms with Gasteiger partial charge in [-0.3, -0.25) is 15.0 Å². The summed E-state index contributed by atoms with van der Waals surface area (Å²) in [6, 6.07) is 16.8. The van der Waals surface area contributed by atoms with Gasteiger partial charge in [0.1, 0.15) is 6.04 Å². The summed E-state index contributed by atoms with van der Waals surface area (Å²) < 4.78 is 1.19.